The monoisotopic (exact) mass is 427 g/mol. The largest absolute Gasteiger partial charge is 0.347 e. The zero-order valence-corrected chi connectivity index (χ0v) is 18.9. The maximum atomic E-state index is 13.0. The number of para-hydroxylation sites is 1. The lowest BCUT2D eigenvalue weighted by Gasteiger charge is -2.19. The average molecular weight is 428 g/mol. The van der Waals surface area contributed by atoms with Crippen LogP contribution in [0, 0.1) is 6.92 Å². The Labute approximate surface area is 178 Å². The molecule has 0 atom stereocenters. The normalized spacial score (nSPS) is 12.2. The highest BCUT2D eigenvalue weighted by molar-refractivity contribution is 7.91. The van der Waals surface area contributed by atoms with Gasteiger partial charge >= 0.3 is 6.03 Å². The van der Waals surface area contributed by atoms with Gasteiger partial charge in [-0.3, -0.25) is 0 Å². The third-order valence-corrected chi connectivity index (χ3v) is 7.20. The number of aromatic nitrogens is 1. The number of anilines is 1. The molecule has 3 aromatic rings. The van der Waals surface area contributed by atoms with Crippen LogP contribution in [-0.2, 0) is 22.3 Å². The third-order valence-electron chi connectivity index (χ3n) is 5.32. The van der Waals surface area contributed by atoms with E-state index in [1.807, 2.05) is 60.1 Å². The van der Waals surface area contributed by atoms with Gasteiger partial charge < -0.3 is 15.2 Å². The Morgan fingerprint density at radius 1 is 1.03 bits per heavy atom. The lowest BCUT2D eigenvalue weighted by Crippen LogP contribution is -2.33. The Bertz CT molecular complexity index is 1170. The molecule has 1 aromatic heterocycles. The molecular formula is C23H29N3O3S. The van der Waals surface area contributed by atoms with Crippen molar-refractivity contribution in [2.45, 2.75) is 38.0 Å². The van der Waals surface area contributed by atoms with E-state index < -0.39 is 15.9 Å². The molecule has 0 spiro atoms. The van der Waals surface area contributed by atoms with E-state index in [4.69, 9.17) is 0 Å². The van der Waals surface area contributed by atoms with Crippen LogP contribution in [0.15, 0.2) is 53.4 Å². The number of carbonyl (C=O) groups is 1. The minimum absolute atomic E-state index is 0.0247. The van der Waals surface area contributed by atoms with Gasteiger partial charge in [0.25, 0.3) is 0 Å². The number of aryl methyl sites for hydroxylation is 1. The molecule has 2 aromatic carbocycles. The molecule has 160 valence electrons. The highest BCUT2D eigenvalue weighted by atomic mass is 32.2. The van der Waals surface area contributed by atoms with Crippen LogP contribution in [-0.4, -0.2) is 31.3 Å². The minimum atomic E-state index is -3.55. The summed E-state index contributed by atoms with van der Waals surface area (Å²) in [5, 5.41) is 6.09. The Balaban J connectivity index is 1.64. The number of fused-ring (bicyclic) bond motifs is 1. The first kappa shape index (κ1) is 21.9. The summed E-state index contributed by atoms with van der Waals surface area (Å²) in [6.07, 6.45) is 0. The van der Waals surface area contributed by atoms with Gasteiger partial charge in [-0.05, 0) is 36.1 Å². The highest BCUT2D eigenvalue weighted by Gasteiger charge is 2.24. The van der Waals surface area contributed by atoms with Crippen molar-refractivity contribution in [3.05, 3.63) is 59.8 Å². The number of sulfone groups is 1. The SMILES string of the molecule is Cc1c(S(=O)(=O)CCNC(=O)Nc2ccc(C(C)(C)C)cc2)c2ccccc2n1C. The van der Waals surface area contributed by atoms with E-state index in [-0.39, 0.29) is 17.7 Å². The maximum Gasteiger partial charge on any atom is 0.319 e. The number of hydrogen-bond acceptors (Lipinski definition) is 3. The first-order chi connectivity index (χ1) is 14.0. The fraction of sp³-hybridized carbons (Fsp3) is 0.348. The van der Waals surface area contributed by atoms with Crippen molar-refractivity contribution in [1.82, 2.24) is 9.88 Å². The quantitative estimate of drug-likeness (QED) is 0.634. The van der Waals surface area contributed by atoms with E-state index in [9.17, 15) is 13.2 Å². The molecule has 0 saturated heterocycles. The summed E-state index contributed by atoms with van der Waals surface area (Å²) in [5.41, 5.74) is 3.44. The van der Waals surface area contributed by atoms with Crippen LogP contribution >= 0.6 is 0 Å². The lowest BCUT2D eigenvalue weighted by atomic mass is 9.87. The van der Waals surface area contributed by atoms with Crippen LogP contribution in [0.3, 0.4) is 0 Å². The summed E-state index contributed by atoms with van der Waals surface area (Å²) in [5.74, 6) is -0.168. The molecule has 2 amide bonds. The summed E-state index contributed by atoms with van der Waals surface area (Å²) in [6.45, 7) is 8.20. The Morgan fingerprint density at radius 2 is 1.67 bits per heavy atom. The van der Waals surface area contributed by atoms with Gasteiger partial charge in [0, 0.05) is 35.9 Å². The van der Waals surface area contributed by atoms with Gasteiger partial charge in [-0.2, -0.15) is 0 Å². The second-order valence-electron chi connectivity index (χ2n) is 8.52. The molecule has 0 aliphatic carbocycles. The summed E-state index contributed by atoms with van der Waals surface area (Å²) in [7, 11) is -1.70. The summed E-state index contributed by atoms with van der Waals surface area (Å²) < 4.78 is 27.8. The zero-order chi connectivity index (χ0) is 22.1. The number of rotatable bonds is 5. The summed E-state index contributed by atoms with van der Waals surface area (Å²) in [6, 6.07) is 14.6. The molecule has 3 rings (SSSR count). The Hall–Kier alpha value is -2.80. The zero-order valence-electron chi connectivity index (χ0n) is 18.1. The topological polar surface area (TPSA) is 80.2 Å². The molecule has 0 bridgehead atoms. The lowest BCUT2D eigenvalue weighted by molar-refractivity contribution is 0.252. The smallest absolute Gasteiger partial charge is 0.319 e. The van der Waals surface area contributed by atoms with E-state index in [0.29, 0.717) is 21.7 Å². The van der Waals surface area contributed by atoms with Crippen LogP contribution in [0.5, 0.6) is 0 Å². The van der Waals surface area contributed by atoms with Gasteiger partial charge in [-0.1, -0.05) is 51.1 Å². The van der Waals surface area contributed by atoms with E-state index >= 15 is 0 Å². The number of hydrogen-bond donors (Lipinski definition) is 2. The van der Waals surface area contributed by atoms with Crippen LogP contribution in [0.25, 0.3) is 10.9 Å². The summed E-state index contributed by atoms with van der Waals surface area (Å²) in [4.78, 5) is 12.5. The predicted molar refractivity (Wildman–Crippen MR) is 122 cm³/mol. The molecule has 6 nitrogen and oxygen atoms in total. The molecule has 0 aliphatic rings. The molecule has 0 radical (unpaired) electrons. The van der Waals surface area contributed by atoms with Gasteiger partial charge in [0.15, 0.2) is 9.84 Å². The molecule has 2 N–H and O–H groups in total. The number of amides is 2. The van der Waals surface area contributed by atoms with Gasteiger partial charge in [0.05, 0.1) is 10.6 Å². The first-order valence-corrected chi connectivity index (χ1v) is 11.6. The predicted octanol–water partition coefficient (Wildman–Crippen LogP) is 4.38. The molecular weight excluding hydrogens is 398 g/mol. The van der Waals surface area contributed by atoms with E-state index in [0.717, 1.165) is 5.52 Å². The number of nitrogens with one attached hydrogen (secondary N) is 2. The number of benzene rings is 2. The molecule has 0 saturated carbocycles. The van der Waals surface area contributed by atoms with Crippen molar-refractivity contribution in [1.29, 1.82) is 0 Å². The molecule has 1 heterocycles. The molecule has 0 fully saturated rings. The van der Waals surface area contributed by atoms with Crippen molar-refractivity contribution in [3.63, 3.8) is 0 Å². The fourth-order valence-electron chi connectivity index (χ4n) is 3.51. The number of nitrogens with zero attached hydrogens (tertiary/aromatic N) is 1. The van der Waals surface area contributed by atoms with Gasteiger partial charge in [-0.15, -0.1) is 0 Å². The van der Waals surface area contributed by atoms with Crippen LogP contribution in [0.2, 0.25) is 0 Å². The summed E-state index contributed by atoms with van der Waals surface area (Å²) >= 11 is 0. The van der Waals surface area contributed by atoms with Gasteiger partial charge in [0.2, 0.25) is 0 Å². The van der Waals surface area contributed by atoms with Crippen LogP contribution in [0.1, 0.15) is 32.0 Å². The average Bonchev–Trinajstić information content (AvgIpc) is 2.93. The van der Waals surface area contributed by atoms with E-state index in [2.05, 4.69) is 31.4 Å². The molecule has 7 heteroatoms. The van der Waals surface area contributed by atoms with Crippen molar-refractivity contribution in [3.8, 4) is 0 Å². The second-order valence-corrected chi connectivity index (χ2v) is 10.6. The Kier molecular flexibility index (Phi) is 5.94. The van der Waals surface area contributed by atoms with Crippen molar-refractivity contribution in [2.24, 2.45) is 7.05 Å². The van der Waals surface area contributed by atoms with Crippen LogP contribution in [0.4, 0.5) is 10.5 Å². The third kappa shape index (κ3) is 4.51. The van der Waals surface area contributed by atoms with Crippen molar-refractivity contribution >= 4 is 32.5 Å². The van der Waals surface area contributed by atoms with Crippen molar-refractivity contribution < 1.29 is 13.2 Å². The minimum Gasteiger partial charge on any atom is -0.347 e. The molecule has 0 aliphatic heterocycles. The molecule has 30 heavy (non-hydrogen) atoms. The van der Waals surface area contributed by atoms with Gasteiger partial charge in [-0.25, -0.2) is 13.2 Å². The van der Waals surface area contributed by atoms with E-state index in [1.165, 1.54) is 5.56 Å². The molecule has 0 unspecified atom stereocenters. The second kappa shape index (κ2) is 8.14. The van der Waals surface area contributed by atoms with E-state index in [1.54, 1.807) is 6.92 Å². The van der Waals surface area contributed by atoms with Crippen molar-refractivity contribution in [2.75, 3.05) is 17.6 Å². The van der Waals surface area contributed by atoms with Crippen LogP contribution < -0.4 is 10.6 Å². The fourth-order valence-corrected chi connectivity index (χ4v) is 5.18. The number of urea groups is 1. The highest BCUT2D eigenvalue weighted by Crippen LogP contribution is 2.29. The Morgan fingerprint density at radius 3 is 2.30 bits per heavy atom. The number of carbonyl (C=O) groups excluding carboxylic acids is 1. The maximum absolute atomic E-state index is 13.0. The standard InChI is InChI=1S/C23H29N3O3S/c1-16-21(19-8-6-7-9-20(19)26(16)5)30(28,29)15-14-24-22(27)25-18-12-10-17(11-13-18)23(2,3)4/h6-13H,14-15H2,1-5H3,(H2,24,25,27). The first-order valence-electron chi connectivity index (χ1n) is 9.93. The van der Waals surface area contributed by atoms with Gasteiger partial charge in [0.1, 0.15) is 0 Å².